The predicted octanol–water partition coefficient (Wildman–Crippen LogP) is 6.09. The van der Waals surface area contributed by atoms with Gasteiger partial charge in [-0.1, -0.05) is 78.7 Å². The maximum atomic E-state index is 13.1. The molecule has 0 aliphatic heterocycles. The van der Waals surface area contributed by atoms with E-state index in [1.807, 2.05) is 18.2 Å². The largest absolute Gasteiger partial charge is 0.207 e. The van der Waals surface area contributed by atoms with Gasteiger partial charge in [0, 0.05) is 10.7 Å². The van der Waals surface area contributed by atoms with Crippen LogP contribution in [0.4, 0.5) is 4.39 Å². The topological polar surface area (TPSA) is 0 Å². The van der Waals surface area contributed by atoms with Crippen LogP contribution in [0, 0.1) is 11.7 Å². The molecule has 20 heavy (non-hydrogen) atoms. The summed E-state index contributed by atoms with van der Waals surface area (Å²) in [6, 6.07) is 17.3. The van der Waals surface area contributed by atoms with Gasteiger partial charge in [-0.25, -0.2) is 4.39 Å². The number of rotatable bonds is 5. The molecule has 0 nitrogen and oxygen atoms in total. The molecule has 0 saturated heterocycles. The Morgan fingerprint density at radius 2 is 1.55 bits per heavy atom. The van der Waals surface area contributed by atoms with Gasteiger partial charge in [-0.05, 0) is 29.2 Å². The highest BCUT2D eigenvalue weighted by atomic mass is 79.9. The summed E-state index contributed by atoms with van der Waals surface area (Å²) in [7, 11) is 0. The SMILES string of the molecule is CCC(C)C(c1ccccc1)C(Br)c1ccc(F)cc1. The van der Waals surface area contributed by atoms with Crippen LogP contribution in [0.1, 0.15) is 42.1 Å². The number of alkyl halides is 1. The van der Waals surface area contributed by atoms with Crippen LogP contribution in [0.25, 0.3) is 0 Å². The Morgan fingerprint density at radius 1 is 0.950 bits per heavy atom. The van der Waals surface area contributed by atoms with Crippen LogP contribution in [-0.2, 0) is 0 Å². The van der Waals surface area contributed by atoms with Gasteiger partial charge >= 0.3 is 0 Å². The summed E-state index contributed by atoms with van der Waals surface area (Å²) in [5.41, 5.74) is 2.45. The van der Waals surface area contributed by atoms with Crippen molar-refractivity contribution in [1.82, 2.24) is 0 Å². The fourth-order valence-electron chi connectivity index (χ4n) is 2.57. The second-order valence-corrected chi connectivity index (χ2v) is 6.26. The van der Waals surface area contributed by atoms with E-state index in [1.54, 1.807) is 0 Å². The minimum absolute atomic E-state index is 0.187. The smallest absolute Gasteiger partial charge is 0.123 e. The molecule has 0 aromatic heterocycles. The van der Waals surface area contributed by atoms with Gasteiger partial charge in [0.25, 0.3) is 0 Å². The van der Waals surface area contributed by atoms with Gasteiger partial charge in [0.15, 0.2) is 0 Å². The highest BCUT2D eigenvalue weighted by Gasteiger charge is 2.26. The fraction of sp³-hybridized carbons (Fsp3) is 0.333. The normalized spacial score (nSPS) is 15.6. The van der Waals surface area contributed by atoms with Crippen molar-refractivity contribution in [2.24, 2.45) is 5.92 Å². The Kier molecular flexibility index (Phi) is 5.36. The van der Waals surface area contributed by atoms with Crippen molar-refractivity contribution in [3.8, 4) is 0 Å². The molecule has 2 rings (SSSR count). The van der Waals surface area contributed by atoms with Crippen molar-refractivity contribution in [2.45, 2.75) is 31.0 Å². The first-order chi connectivity index (χ1) is 9.63. The molecule has 0 radical (unpaired) electrons. The first-order valence-electron chi connectivity index (χ1n) is 7.08. The van der Waals surface area contributed by atoms with E-state index in [-0.39, 0.29) is 10.6 Å². The van der Waals surface area contributed by atoms with E-state index < -0.39 is 0 Å². The summed E-state index contributed by atoms with van der Waals surface area (Å²) in [5.74, 6) is 0.742. The lowest BCUT2D eigenvalue weighted by Gasteiger charge is -2.28. The van der Waals surface area contributed by atoms with Gasteiger partial charge in [0.05, 0.1) is 0 Å². The molecule has 3 atom stereocenters. The van der Waals surface area contributed by atoms with Crippen molar-refractivity contribution < 1.29 is 4.39 Å². The molecule has 2 aromatic rings. The highest BCUT2D eigenvalue weighted by molar-refractivity contribution is 9.09. The Bertz CT molecular complexity index is 521. The molecule has 0 spiro atoms. The van der Waals surface area contributed by atoms with E-state index >= 15 is 0 Å². The summed E-state index contributed by atoms with van der Waals surface area (Å²) < 4.78 is 13.1. The van der Waals surface area contributed by atoms with Crippen molar-refractivity contribution in [1.29, 1.82) is 0 Å². The van der Waals surface area contributed by atoms with Crippen LogP contribution in [0.5, 0.6) is 0 Å². The summed E-state index contributed by atoms with van der Waals surface area (Å²) >= 11 is 3.83. The summed E-state index contributed by atoms with van der Waals surface area (Å²) in [5, 5.41) is 0. The van der Waals surface area contributed by atoms with Gasteiger partial charge < -0.3 is 0 Å². The van der Waals surface area contributed by atoms with E-state index in [4.69, 9.17) is 0 Å². The number of benzene rings is 2. The zero-order valence-corrected chi connectivity index (χ0v) is 13.5. The molecule has 2 aromatic carbocycles. The number of hydrogen-bond acceptors (Lipinski definition) is 0. The molecule has 0 bridgehead atoms. The number of hydrogen-bond donors (Lipinski definition) is 0. The maximum Gasteiger partial charge on any atom is 0.123 e. The Morgan fingerprint density at radius 3 is 2.10 bits per heavy atom. The van der Waals surface area contributed by atoms with Gasteiger partial charge in [0.1, 0.15) is 5.82 Å². The van der Waals surface area contributed by atoms with Crippen LogP contribution in [0.3, 0.4) is 0 Å². The monoisotopic (exact) mass is 334 g/mol. The van der Waals surface area contributed by atoms with Crippen molar-refractivity contribution in [3.05, 3.63) is 71.5 Å². The fourth-order valence-corrected chi connectivity index (χ4v) is 3.70. The molecular weight excluding hydrogens is 315 g/mol. The third-order valence-corrected chi connectivity index (χ3v) is 5.04. The van der Waals surface area contributed by atoms with Crippen LogP contribution < -0.4 is 0 Å². The summed E-state index contributed by atoms with van der Waals surface area (Å²) in [6.07, 6.45) is 1.11. The zero-order chi connectivity index (χ0) is 14.5. The van der Waals surface area contributed by atoms with Gasteiger partial charge in [-0.2, -0.15) is 0 Å². The summed E-state index contributed by atoms with van der Waals surface area (Å²) in [4.78, 5) is 0.195. The van der Waals surface area contributed by atoms with E-state index in [0.717, 1.165) is 12.0 Å². The summed E-state index contributed by atoms with van der Waals surface area (Å²) in [6.45, 7) is 4.49. The average Bonchev–Trinajstić information content (AvgIpc) is 2.49. The predicted molar refractivity (Wildman–Crippen MR) is 86.7 cm³/mol. The van der Waals surface area contributed by atoms with Gasteiger partial charge in [-0.3, -0.25) is 0 Å². The first-order valence-corrected chi connectivity index (χ1v) is 7.99. The van der Waals surface area contributed by atoms with E-state index in [2.05, 4.69) is 54.0 Å². The Balaban J connectivity index is 2.34. The Labute approximate surface area is 129 Å². The molecular formula is C18H20BrF. The molecule has 0 amide bonds. The molecule has 0 saturated carbocycles. The second kappa shape index (κ2) is 7.03. The molecule has 0 heterocycles. The quantitative estimate of drug-likeness (QED) is 0.580. The Hall–Kier alpha value is -1.15. The molecule has 0 N–H and O–H groups in total. The zero-order valence-electron chi connectivity index (χ0n) is 11.9. The van der Waals surface area contributed by atoms with E-state index in [0.29, 0.717) is 11.8 Å². The molecule has 106 valence electrons. The standard InChI is InChI=1S/C18H20BrF/c1-3-13(2)17(14-7-5-4-6-8-14)18(19)15-9-11-16(20)12-10-15/h4-13,17-18H,3H2,1-2H3. The van der Waals surface area contributed by atoms with Gasteiger partial charge in [0.2, 0.25) is 0 Å². The van der Waals surface area contributed by atoms with E-state index in [1.165, 1.54) is 17.7 Å². The molecule has 3 unspecified atom stereocenters. The first kappa shape index (κ1) is 15.2. The third kappa shape index (κ3) is 3.49. The van der Waals surface area contributed by atoms with Gasteiger partial charge in [-0.15, -0.1) is 0 Å². The van der Waals surface area contributed by atoms with E-state index in [9.17, 15) is 4.39 Å². The average molecular weight is 335 g/mol. The van der Waals surface area contributed by atoms with Crippen molar-refractivity contribution >= 4 is 15.9 Å². The van der Waals surface area contributed by atoms with Crippen molar-refractivity contribution in [2.75, 3.05) is 0 Å². The molecule has 2 heteroatoms. The third-order valence-electron chi connectivity index (χ3n) is 3.95. The number of halogens is 2. The lowest BCUT2D eigenvalue weighted by molar-refractivity contribution is 0.440. The lowest BCUT2D eigenvalue weighted by atomic mass is 9.81. The second-order valence-electron chi connectivity index (χ2n) is 5.28. The van der Waals surface area contributed by atoms with Crippen LogP contribution >= 0.6 is 15.9 Å². The lowest BCUT2D eigenvalue weighted by Crippen LogP contribution is -2.14. The van der Waals surface area contributed by atoms with Crippen LogP contribution in [0.15, 0.2) is 54.6 Å². The minimum Gasteiger partial charge on any atom is -0.207 e. The molecule has 0 aliphatic carbocycles. The molecule has 0 aliphatic rings. The van der Waals surface area contributed by atoms with Crippen molar-refractivity contribution in [3.63, 3.8) is 0 Å². The maximum absolute atomic E-state index is 13.1. The minimum atomic E-state index is -0.187. The molecule has 0 fully saturated rings. The van der Waals surface area contributed by atoms with Crippen LogP contribution in [-0.4, -0.2) is 0 Å². The van der Waals surface area contributed by atoms with Crippen LogP contribution in [0.2, 0.25) is 0 Å². The highest BCUT2D eigenvalue weighted by Crippen LogP contribution is 2.43.